The Kier molecular flexibility index (Phi) is 5.54. The molecule has 2 heterocycles. The van der Waals surface area contributed by atoms with E-state index in [1.165, 1.54) is 0 Å². The van der Waals surface area contributed by atoms with Crippen LogP contribution in [0.2, 0.25) is 0 Å². The second-order valence-corrected chi connectivity index (χ2v) is 5.25. The summed E-state index contributed by atoms with van der Waals surface area (Å²) in [4.78, 5) is 15.1. The highest BCUT2D eigenvalue weighted by Crippen LogP contribution is 2.18. The Labute approximate surface area is 124 Å². The Morgan fingerprint density at radius 1 is 1.38 bits per heavy atom. The number of carbonyl (C=O) groups is 1. The summed E-state index contributed by atoms with van der Waals surface area (Å²) in [5.74, 6) is 0.575. The Bertz CT molecular complexity index is 582. The van der Waals surface area contributed by atoms with Gasteiger partial charge in [-0.25, -0.2) is 9.50 Å². The van der Waals surface area contributed by atoms with Crippen molar-refractivity contribution in [1.29, 1.82) is 0 Å². The molecule has 6 heteroatoms. The molecule has 6 nitrogen and oxygen atoms in total. The van der Waals surface area contributed by atoms with Gasteiger partial charge in [0.1, 0.15) is 5.82 Å². The molecule has 2 aromatic rings. The molecular formula is C15H22N4O2. The van der Waals surface area contributed by atoms with Gasteiger partial charge in [-0.2, -0.15) is 5.10 Å². The van der Waals surface area contributed by atoms with Gasteiger partial charge in [0.25, 0.3) is 0 Å². The van der Waals surface area contributed by atoms with Crippen LogP contribution in [-0.2, 0) is 4.79 Å². The molecule has 0 aliphatic heterocycles. The second-order valence-electron chi connectivity index (χ2n) is 5.25. The highest BCUT2D eigenvalue weighted by atomic mass is 16.4. The van der Waals surface area contributed by atoms with E-state index in [1.54, 1.807) is 10.7 Å². The third-order valence-electron chi connectivity index (χ3n) is 3.58. The van der Waals surface area contributed by atoms with Gasteiger partial charge in [0.15, 0.2) is 5.65 Å². The van der Waals surface area contributed by atoms with E-state index < -0.39 is 5.97 Å². The molecule has 0 aliphatic rings. The predicted octanol–water partition coefficient (Wildman–Crippen LogP) is 2.81. The van der Waals surface area contributed by atoms with Crippen LogP contribution in [0.1, 0.15) is 39.0 Å². The van der Waals surface area contributed by atoms with Gasteiger partial charge < -0.3 is 10.4 Å². The van der Waals surface area contributed by atoms with Crippen LogP contribution in [0, 0.1) is 5.92 Å². The van der Waals surface area contributed by atoms with Crippen LogP contribution in [-0.4, -0.2) is 32.2 Å². The number of aromatic nitrogens is 3. The molecule has 0 saturated heterocycles. The van der Waals surface area contributed by atoms with Crippen molar-refractivity contribution in [3.05, 3.63) is 24.5 Å². The summed E-state index contributed by atoms with van der Waals surface area (Å²) in [6.45, 7) is 2.94. The third-order valence-corrected chi connectivity index (χ3v) is 3.58. The summed E-state index contributed by atoms with van der Waals surface area (Å²) < 4.78 is 1.72. The Balaban J connectivity index is 1.81. The average molecular weight is 290 g/mol. The maximum atomic E-state index is 10.7. The van der Waals surface area contributed by atoms with E-state index >= 15 is 0 Å². The number of fused-ring (bicyclic) bond motifs is 1. The van der Waals surface area contributed by atoms with Gasteiger partial charge in [0.05, 0.1) is 6.20 Å². The van der Waals surface area contributed by atoms with Crippen molar-refractivity contribution in [2.75, 3.05) is 11.9 Å². The maximum Gasteiger partial charge on any atom is 0.303 e. The predicted molar refractivity (Wildman–Crippen MR) is 81.4 cm³/mol. The number of hydrogen-bond acceptors (Lipinski definition) is 4. The first kappa shape index (κ1) is 15.3. The van der Waals surface area contributed by atoms with E-state index in [4.69, 9.17) is 5.11 Å². The largest absolute Gasteiger partial charge is 0.481 e. The molecule has 0 aliphatic carbocycles. The zero-order valence-electron chi connectivity index (χ0n) is 12.3. The fraction of sp³-hybridized carbons (Fsp3) is 0.533. The van der Waals surface area contributed by atoms with Crippen molar-refractivity contribution in [2.45, 2.75) is 39.0 Å². The Morgan fingerprint density at radius 2 is 2.24 bits per heavy atom. The molecular weight excluding hydrogens is 268 g/mol. The number of carboxylic acids is 1. The number of rotatable bonds is 9. The summed E-state index contributed by atoms with van der Waals surface area (Å²) in [5.41, 5.74) is 0.816. The zero-order chi connectivity index (χ0) is 15.1. The van der Waals surface area contributed by atoms with Crippen LogP contribution in [0.4, 0.5) is 5.82 Å². The number of nitrogens with one attached hydrogen (secondary N) is 1. The van der Waals surface area contributed by atoms with Crippen molar-refractivity contribution >= 4 is 17.4 Å². The highest BCUT2D eigenvalue weighted by molar-refractivity contribution is 5.66. The van der Waals surface area contributed by atoms with Crippen LogP contribution in [0.3, 0.4) is 0 Å². The Hall–Kier alpha value is -2.11. The van der Waals surface area contributed by atoms with Crippen LogP contribution in [0.5, 0.6) is 0 Å². The standard InChI is InChI=1S/C15H22N4O2/c1-2-3-12(4-5-15(20)21)6-9-16-13-8-11-19-14(18-13)7-10-17-19/h7-8,10-12H,2-6,9H2,1H3,(H,16,18)(H,20,21). The van der Waals surface area contributed by atoms with E-state index in [0.29, 0.717) is 5.92 Å². The second kappa shape index (κ2) is 7.61. The third kappa shape index (κ3) is 4.73. The van der Waals surface area contributed by atoms with Crippen molar-refractivity contribution < 1.29 is 9.90 Å². The van der Waals surface area contributed by atoms with E-state index in [1.807, 2.05) is 18.3 Å². The van der Waals surface area contributed by atoms with Gasteiger partial charge in [-0.05, 0) is 24.8 Å². The molecule has 0 saturated carbocycles. The first-order valence-corrected chi connectivity index (χ1v) is 7.45. The molecule has 1 unspecified atom stereocenters. The number of aliphatic carboxylic acids is 1. The van der Waals surface area contributed by atoms with Gasteiger partial charge in [-0.15, -0.1) is 0 Å². The zero-order valence-corrected chi connectivity index (χ0v) is 12.3. The molecule has 0 bridgehead atoms. The van der Waals surface area contributed by atoms with Crippen LogP contribution in [0.25, 0.3) is 5.65 Å². The molecule has 0 spiro atoms. The molecule has 2 rings (SSSR count). The number of anilines is 1. The highest BCUT2D eigenvalue weighted by Gasteiger charge is 2.10. The molecule has 2 aromatic heterocycles. The molecule has 0 radical (unpaired) electrons. The molecule has 2 N–H and O–H groups in total. The molecule has 114 valence electrons. The van der Waals surface area contributed by atoms with Crippen molar-refractivity contribution in [2.24, 2.45) is 5.92 Å². The number of nitrogens with zero attached hydrogens (tertiary/aromatic N) is 3. The minimum atomic E-state index is -0.711. The molecule has 0 fully saturated rings. The SMILES string of the molecule is CCCC(CCNc1ccn2nccc2n1)CCC(=O)O. The molecule has 0 amide bonds. The minimum Gasteiger partial charge on any atom is -0.481 e. The van der Waals surface area contributed by atoms with Gasteiger partial charge >= 0.3 is 5.97 Å². The lowest BCUT2D eigenvalue weighted by Crippen LogP contribution is -2.12. The average Bonchev–Trinajstić information content (AvgIpc) is 2.92. The first-order chi connectivity index (χ1) is 10.2. The van der Waals surface area contributed by atoms with Crippen LogP contribution < -0.4 is 5.32 Å². The van der Waals surface area contributed by atoms with Crippen molar-refractivity contribution in [3.63, 3.8) is 0 Å². The number of carboxylic acid groups (broad SMARTS) is 1. The molecule has 21 heavy (non-hydrogen) atoms. The van der Waals surface area contributed by atoms with Crippen LogP contribution in [0.15, 0.2) is 24.5 Å². The van der Waals surface area contributed by atoms with Crippen molar-refractivity contribution in [1.82, 2.24) is 14.6 Å². The molecule has 1 atom stereocenters. The number of hydrogen-bond donors (Lipinski definition) is 2. The van der Waals surface area contributed by atoms with Gasteiger partial charge in [-0.3, -0.25) is 4.79 Å². The lowest BCUT2D eigenvalue weighted by Gasteiger charge is -2.15. The summed E-state index contributed by atoms with van der Waals surface area (Å²) >= 11 is 0. The summed E-state index contributed by atoms with van der Waals surface area (Å²) in [7, 11) is 0. The summed E-state index contributed by atoms with van der Waals surface area (Å²) in [5, 5.41) is 16.2. The monoisotopic (exact) mass is 290 g/mol. The quantitative estimate of drug-likeness (QED) is 0.742. The topological polar surface area (TPSA) is 79.5 Å². The van der Waals surface area contributed by atoms with Crippen LogP contribution >= 0.6 is 0 Å². The minimum absolute atomic E-state index is 0.255. The van der Waals surface area contributed by atoms with E-state index in [-0.39, 0.29) is 6.42 Å². The smallest absolute Gasteiger partial charge is 0.303 e. The fourth-order valence-corrected chi connectivity index (χ4v) is 2.48. The van der Waals surface area contributed by atoms with Gasteiger partial charge in [0.2, 0.25) is 0 Å². The van der Waals surface area contributed by atoms with Gasteiger partial charge in [0, 0.05) is 25.2 Å². The normalized spacial score (nSPS) is 12.4. The van der Waals surface area contributed by atoms with Crippen molar-refractivity contribution in [3.8, 4) is 0 Å². The fourth-order valence-electron chi connectivity index (χ4n) is 2.48. The van der Waals surface area contributed by atoms with E-state index in [0.717, 1.165) is 43.7 Å². The lowest BCUT2D eigenvalue weighted by atomic mass is 9.94. The van der Waals surface area contributed by atoms with E-state index in [9.17, 15) is 4.79 Å². The van der Waals surface area contributed by atoms with Gasteiger partial charge in [-0.1, -0.05) is 19.8 Å². The maximum absolute atomic E-state index is 10.7. The Morgan fingerprint density at radius 3 is 3.00 bits per heavy atom. The first-order valence-electron chi connectivity index (χ1n) is 7.45. The summed E-state index contributed by atoms with van der Waals surface area (Å²) in [6.07, 6.45) is 7.72. The lowest BCUT2D eigenvalue weighted by molar-refractivity contribution is -0.137. The molecule has 0 aromatic carbocycles. The summed E-state index contributed by atoms with van der Waals surface area (Å²) in [6, 6.07) is 3.75. The van der Waals surface area contributed by atoms with E-state index in [2.05, 4.69) is 22.3 Å².